The standard InChI is InChI=1S/C12H14F2N2O/c13-10-5-4-9(8-11(10)14)15-12(17)16-6-2-1-3-7-16/h4-5,8H,1-3,6-7H2,(H,15,17). The molecule has 0 unspecified atom stereocenters. The van der Waals surface area contributed by atoms with Gasteiger partial charge in [-0.3, -0.25) is 0 Å². The summed E-state index contributed by atoms with van der Waals surface area (Å²) < 4.78 is 25.6. The Morgan fingerprint density at radius 1 is 1.12 bits per heavy atom. The third kappa shape index (κ3) is 2.93. The van der Waals surface area contributed by atoms with Crippen molar-refractivity contribution in [3.8, 4) is 0 Å². The van der Waals surface area contributed by atoms with Gasteiger partial charge in [0.25, 0.3) is 0 Å². The Labute approximate surface area is 98.4 Å². The highest BCUT2D eigenvalue weighted by Crippen LogP contribution is 2.15. The van der Waals surface area contributed by atoms with Crippen molar-refractivity contribution < 1.29 is 13.6 Å². The number of piperidine rings is 1. The Bertz CT molecular complexity index is 417. The molecule has 0 spiro atoms. The van der Waals surface area contributed by atoms with Crippen LogP contribution < -0.4 is 5.32 Å². The molecule has 1 heterocycles. The first kappa shape index (κ1) is 11.8. The van der Waals surface area contributed by atoms with Crippen LogP contribution in [0, 0.1) is 11.6 Å². The number of nitrogens with one attached hydrogen (secondary N) is 1. The van der Waals surface area contributed by atoms with E-state index in [0.717, 1.165) is 44.5 Å². The molecule has 17 heavy (non-hydrogen) atoms. The molecule has 1 fully saturated rings. The Morgan fingerprint density at radius 3 is 2.47 bits per heavy atom. The van der Waals surface area contributed by atoms with Gasteiger partial charge in [0.2, 0.25) is 0 Å². The fourth-order valence-corrected chi connectivity index (χ4v) is 1.87. The summed E-state index contributed by atoms with van der Waals surface area (Å²) >= 11 is 0. The minimum atomic E-state index is -0.957. The van der Waals surface area contributed by atoms with E-state index in [2.05, 4.69) is 5.32 Å². The van der Waals surface area contributed by atoms with Gasteiger partial charge in [0.15, 0.2) is 11.6 Å². The maximum absolute atomic E-state index is 12.9. The molecule has 1 aromatic carbocycles. The first-order valence-electron chi connectivity index (χ1n) is 5.68. The van der Waals surface area contributed by atoms with E-state index < -0.39 is 11.6 Å². The highest BCUT2D eigenvalue weighted by Gasteiger charge is 2.16. The molecular weight excluding hydrogens is 226 g/mol. The van der Waals surface area contributed by atoms with Gasteiger partial charge in [-0.15, -0.1) is 0 Å². The third-order valence-corrected chi connectivity index (χ3v) is 2.81. The molecule has 1 saturated heterocycles. The Balaban J connectivity index is 1.99. The first-order chi connectivity index (χ1) is 8.16. The van der Waals surface area contributed by atoms with Gasteiger partial charge in [-0.1, -0.05) is 0 Å². The van der Waals surface area contributed by atoms with Crippen molar-refractivity contribution in [1.29, 1.82) is 0 Å². The van der Waals surface area contributed by atoms with Gasteiger partial charge in [0, 0.05) is 24.8 Å². The number of hydrogen-bond donors (Lipinski definition) is 1. The molecule has 0 aromatic heterocycles. The molecule has 1 N–H and O–H groups in total. The number of halogens is 2. The van der Waals surface area contributed by atoms with Crippen molar-refractivity contribution >= 4 is 11.7 Å². The number of carbonyl (C=O) groups excluding carboxylic acids is 1. The average Bonchev–Trinajstić information content (AvgIpc) is 2.35. The molecule has 0 atom stereocenters. The van der Waals surface area contributed by atoms with Crippen molar-refractivity contribution in [2.45, 2.75) is 19.3 Å². The largest absolute Gasteiger partial charge is 0.325 e. The molecule has 1 aromatic rings. The number of benzene rings is 1. The molecule has 1 aliphatic heterocycles. The van der Waals surface area contributed by atoms with E-state index in [9.17, 15) is 13.6 Å². The van der Waals surface area contributed by atoms with Crippen LogP contribution in [0.3, 0.4) is 0 Å². The highest BCUT2D eigenvalue weighted by atomic mass is 19.2. The predicted molar refractivity (Wildman–Crippen MR) is 60.8 cm³/mol. The molecular formula is C12H14F2N2O. The van der Waals surface area contributed by atoms with Crippen LogP contribution in [0.1, 0.15) is 19.3 Å². The zero-order valence-corrected chi connectivity index (χ0v) is 9.38. The molecule has 2 amide bonds. The second-order valence-electron chi connectivity index (χ2n) is 4.11. The molecule has 0 saturated carbocycles. The van der Waals surface area contributed by atoms with E-state index in [1.807, 2.05) is 0 Å². The van der Waals surface area contributed by atoms with Gasteiger partial charge in [0.05, 0.1) is 0 Å². The maximum atomic E-state index is 12.9. The van der Waals surface area contributed by atoms with Crippen molar-refractivity contribution in [1.82, 2.24) is 4.90 Å². The Morgan fingerprint density at radius 2 is 1.82 bits per heavy atom. The van der Waals surface area contributed by atoms with Crippen LogP contribution >= 0.6 is 0 Å². The molecule has 92 valence electrons. The van der Waals surface area contributed by atoms with Crippen molar-refractivity contribution in [3.05, 3.63) is 29.8 Å². The summed E-state index contributed by atoms with van der Waals surface area (Å²) in [6.07, 6.45) is 3.12. The van der Waals surface area contributed by atoms with Gasteiger partial charge >= 0.3 is 6.03 Å². The lowest BCUT2D eigenvalue weighted by Gasteiger charge is -2.26. The molecule has 1 aliphatic rings. The molecule has 0 aliphatic carbocycles. The minimum Gasteiger partial charge on any atom is -0.325 e. The summed E-state index contributed by atoms with van der Waals surface area (Å²) in [5.74, 6) is -1.87. The fraction of sp³-hybridized carbons (Fsp3) is 0.417. The zero-order chi connectivity index (χ0) is 12.3. The van der Waals surface area contributed by atoms with E-state index in [1.54, 1.807) is 4.90 Å². The van der Waals surface area contributed by atoms with E-state index in [0.29, 0.717) is 0 Å². The maximum Gasteiger partial charge on any atom is 0.321 e. The average molecular weight is 240 g/mol. The number of amides is 2. The summed E-state index contributed by atoms with van der Waals surface area (Å²) in [6, 6.07) is 3.08. The number of likely N-dealkylation sites (tertiary alicyclic amines) is 1. The minimum absolute atomic E-state index is 0.254. The summed E-state index contributed by atoms with van der Waals surface area (Å²) in [4.78, 5) is 13.4. The number of anilines is 1. The van der Waals surface area contributed by atoms with Crippen LogP contribution in [0.15, 0.2) is 18.2 Å². The Kier molecular flexibility index (Phi) is 3.56. The van der Waals surface area contributed by atoms with Gasteiger partial charge < -0.3 is 10.2 Å². The molecule has 2 rings (SSSR count). The van der Waals surface area contributed by atoms with Crippen LogP contribution in [0.5, 0.6) is 0 Å². The van der Waals surface area contributed by atoms with Crippen LogP contribution in [0.25, 0.3) is 0 Å². The number of rotatable bonds is 1. The predicted octanol–water partition coefficient (Wildman–Crippen LogP) is 2.98. The van der Waals surface area contributed by atoms with Crippen LogP contribution in [-0.4, -0.2) is 24.0 Å². The molecule has 3 nitrogen and oxygen atoms in total. The smallest absolute Gasteiger partial charge is 0.321 e. The lowest BCUT2D eigenvalue weighted by Crippen LogP contribution is -2.38. The topological polar surface area (TPSA) is 32.3 Å². The second kappa shape index (κ2) is 5.12. The highest BCUT2D eigenvalue weighted by molar-refractivity contribution is 5.89. The van der Waals surface area contributed by atoms with Crippen molar-refractivity contribution in [2.75, 3.05) is 18.4 Å². The fourth-order valence-electron chi connectivity index (χ4n) is 1.87. The lowest BCUT2D eigenvalue weighted by molar-refractivity contribution is 0.200. The summed E-state index contributed by atoms with van der Waals surface area (Å²) in [5.41, 5.74) is 0.277. The van der Waals surface area contributed by atoms with Crippen LogP contribution in [0.4, 0.5) is 19.3 Å². The van der Waals surface area contributed by atoms with E-state index in [-0.39, 0.29) is 11.7 Å². The number of carbonyl (C=O) groups is 1. The Hall–Kier alpha value is -1.65. The number of nitrogens with zero attached hydrogens (tertiary/aromatic N) is 1. The molecule has 0 radical (unpaired) electrons. The monoisotopic (exact) mass is 240 g/mol. The van der Waals surface area contributed by atoms with Crippen LogP contribution in [0.2, 0.25) is 0 Å². The van der Waals surface area contributed by atoms with Gasteiger partial charge in [-0.25, -0.2) is 13.6 Å². The molecule has 5 heteroatoms. The van der Waals surface area contributed by atoms with Gasteiger partial charge in [0.1, 0.15) is 0 Å². The van der Waals surface area contributed by atoms with Gasteiger partial charge in [-0.2, -0.15) is 0 Å². The number of urea groups is 1. The SMILES string of the molecule is O=C(Nc1ccc(F)c(F)c1)N1CCCCC1. The van der Waals surface area contributed by atoms with Crippen molar-refractivity contribution in [2.24, 2.45) is 0 Å². The second-order valence-corrected chi connectivity index (χ2v) is 4.11. The first-order valence-corrected chi connectivity index (χ1v) is 5.68. The van der Waals surface area contributed by atoms with Gasteiger partial charge in [-0.05, 0) is 31.4 Å². The van der Waals surface area contributed by atoms with Crippen molar-refractivity contribution in [3.63, 3.8) is 0 Å². The van der Waals surface area contributed by atoms with Crippen LogP contribution in [-0.2, 0) is 0 Å². The van der Waals surface area contributed by atoms with E-state index in [1.165, 1.54) is 6.07 Å². The van der Waals surface area contributed by atoms with E-state index in [4.69, 9.17) is 0 Å². The zero-order valence-electron chi connectivity index (χ0n) is 9.38. The summed E-state index contributed by atoms with van der Waals surface area (Å²) in [6.45, 7) is 1.44. The number of hydrogen-bond acceptors (Lipinski definition) is 1. The quantitative estimate of drug-likeness (QED) is 0.804. The lowest BCUT2D eigenvalue weighted by atomic mass is 10.1. The van der Waals surface area contributed by atoms with E-state index >= 15 is 0 Å². The molecule has 0 bridgehead atoms. The normalized spacial score (nSPS) is 15.8. The summed E-state index contributed by atoms with van der Waals surface area (Å²) in [7, 11) is 0. The summed E-state index contributed by atoms with van der Waals surface area (Å²) in [5, 5.41) is 2.56. The third-order valence-electron chi connectivity index (χ3n) is 2.81.